The molecule has 47 heavy (non-hydrogen) atoms. The number of alkyl halides is 6. The molecule has 2 aromatic carbocycles. The van der Waals surface area contributed by atoms with Crippen LogP contribution in [0.3, 0.4) is 0 Å². The smallest absolute Gasteiger partial charge is 0.442 e. The molecule has 4 rings (SSSR count). The average Bonchev–Trinajstić information content (AvgIpc) is 3.30. The number of hydrogen-bond donors (Lipinski definition) is 2. The Morgan fingerprint density at radius 1 is 1.06 bits per heavy atom. The Bertz CT molecular complexity index is 1520. The van der Waals surface area contributed by atoms with Crippen molar-refractivity contribution in [2.75, 3.05) is 18.8 Å². The van der Waals surface area contributed by atoms with Crippen molar-refractivity contribution in [3.05, 3.63) is 65.7 Å². The largest absolute Gasteiger partial charge is 0.490 e. The van der Waals surface area contributed by atoms with E-state index >= 15 is 0 Å². The molecule has 5 atom stereocenters. The van der Waals surface area contributed by atoms with E-state index in [1.54, 1.807) is 18.2 Å². The summed E-state index contributed by atoms with van der Waals surface area (Å²) in [6, 6.07) is 10.3. The lowest BCUT2D eigenvalue weighted by atomic mass is 9.81. The van der Waals surface area contributed by atoms with E-state index in [4.69, 9.17) is 4.74 Å². The number of nitrogens with one attached hydrogen (secondary N) is 1. The van der Waals surface area contributed by atoms with E-state index in [1.807, 2.05) is 13.8 Å². The Hall–Kier alpha value is -3.17. The van der Waals surface area contributed by atoms with Crippen LogP contribution in [-0.2, 0) is 30.3 Å². The minimum absolute atomic E-state index is 0.0708. The zero-order valence-electron chi connectivity index (χ0n) is 25.9. The molecule has 2 aliphatic rings. The van der Waals surface area contributed by atoms with Crippen molar-refractivity contribution in [1.29, 1.82) is 0 Å². The van der Waals surface area contributed by atoms with E-state index in [0.717, 1.165) is 18.2 Å². The molecule has 0 radical (unpaired) electrons. The molecular weight excluding hydrogens is 654 g/mol. The summed E-state index contributed by atoms with van der Waals surface area (Å²) in [5, 5.41) is 14.3. The molecule has 1 aliphatic carbocycles. The molecule has 2 N–H and O–H groups in total. The lowest BCUT2D eigenvalue weighted by molar-refractivity contribution is -0.216. The number of benzene rings is 2. The van der Waals surface area contributed by atoms with Crippen molar-refractivity contribution in [3.8, 4) is 0 Å². The van der Waals surface area contributed by atoms with Gasteiger partial charge in [-0.25, -0.2) is 13.2 Å². The van der Waals surface area contributed by atoms with E-state index in [9.17, 15) is 49.5 Å². The van der Waals surface area contributed by atoms with Crippen molar-refractivity contribution in [3.63, 3.8) is 0 Å². The average molecular weight is 693 g/mol. The van der Waals surface area contributed by atoms with Gasteiger partial charge in [-0.15, -0.1) is 0 Å². The van der Waals surface area contributed by atoms with E-state index in [1.165, 1.54) is 17.0 Å². The summed E-state index contributed by atoms with van der Waals surface area (Å²) in [5.41, 5.74) is -4.02. The standard InChI is InChI=1S/C32H38F6N2O6S/c1-20(2)18-39-24-11-12-26(22(16-24)19-47(44,45)25-9-4-3-5-10-25)40-14-13-30(28(40)42,46-29(43)32(36,37)38)17-27(41)21-7-6-8-23(15-21)31(33,34)35/h3-10,15,20,22,24,26-27,39,41H,11-14,16-19H2,1-2H3/t22-,24+,26-,27+,30+/m0/s1. The van der Waals surface area contributed by atoms with Crippen molar-refractivity contribution in [2.24, 2.45) is 11.8 Å². The van der Waals surface area contributed by atoms with E-state index in [0.29, 0.717) is 31.4 Å². The predicted octanol–water partition coefficient (Wildman–Crippen LogP) is 5.46. The quantitative estimate of drug-likeness (QED) is 0.238. The first-order valence-electron chi connectivity index (χ1n) is 15.3. The number of aliphatic hydroxyl groups excluding tert-OH is 1. The number of hydrogen-bond acceptors (Lipinski definition) is 7. The summed E-state index contributed by atoms with van der Waals surface area (Å²) < 4.78 is 112. The highest BCUT2D eigenvalue weighted by Gasteiger charge is 2.57. The van der Waals surface area contributed by atoms with Gasteiger partial charge < -0.3 is 20.1 Å². The molecule has 8 nitrogen and oxygen atoms in total. The van der Waals surface area contributed by atoms with Gasteiger partial charge in [0.25, 0.3) is 5.91 Å². The molecule has 2 aromatic rings. The SMILES string of the molecule is CC(C)CN[C@@H]1CC[C@H](N2CC[C@](C[C@@H](O)c3cccc(C(F)(F)F)c3)(OC(=O)C(F)(F)F)C2=O)[C@H](CS(=O)(=O)c2ccccc2)C1. The second kappa shape index (κ2) is 14.1. The van der Waals surface area contributed by atoms with Gasteiger partial charge in [-0.3, -0.25) is 4.79 Å². The Morgan fingerprint density at radius 2 is 1.74 bits per heavy atom. The van der Waals surface area contributed by atoms with Gasteiger partial charge in [0, 0.05) is 31.5 Å². The number of carbonyl (C=O) groups is 2. The summed E-state index contributed by atoms with van der Waals surface area (Å²) in [6.45, 7) is 4.44. The topological polar surface area (TPSA) is 113 Å². The maximum Gasteiger partial charge on any atom is 0.490 e. The summed E-state index contributed by atoms with van der Waals surface area (Å²) in [4.78, 5) is 27.5. The fourth-order valence-electron chi connectivity index (χ4n) is 6.43. The first kappa shape index (κ1) is 36.7. The molecule has 1 heterocycles. The van der Waals surface area contributed by atoms with Gasteiger partial charge in [-0.1, -0.05) is 44.2 Å². The fourth-order valence-corrected chi connectivity index (χ4v) is 8.12. The molecule has 2 fully saturated rings. The third-order valence-corrected chi connectivity index (χ3v) is 10.6. The minimum atomic E-state index is -5.51. The zero-order valence-corrected chi connectivity index (χ0v) is 26.7. The number of aliphatic hydroxyl groups is 1. The van der Waals surface area contributed by atoms with Crippen LogP contribution in [-0.4, -0.2) is 73.0 Å². The molecule has 1 aliphatic heterocycles. The van der Waals surface area contributed by atoms with Crippen LogP contribution >= 0.6 is 0 Å². The van der Waals surface area contributed by atoms with Crippen LogP contribution in [0.15, 0.2) is 59.5 Å². The van der Waals surface area contributed by atoms with Crippen LogP contribution in [0.25, 0.3) is 0 Å². The van der Waals surface area contributed by atoms with Gasteiger partial charge in [0.2, 0.25) is 0 Å². The molecule has 0 bridgehead atoms. The molecule has 0 unspecified atom stereocenters. The van der Waals surface area contributed by atoms with Crippen LogP contribution in [0.5, 0.6) is 0 Å². The number of carbonyl (C=O) groups excluding carboxylic acids is 2. The molecule has 260 valence electrons. The van der Waals surface area contributed by atoms with E-state index < -0.39 is 76.1 Å². The highest BCUT2D eigenvalue weighted by Crippen LogP contribution is 2.42. The number of esters is 1. The Morgan fingerprint density at radius 3 is 2.36 bits per heavy atom. The van der Waals surface area contributed by atoms with Gasteiger partial charge >= 0.3 is 18.3 Å². The molecular formula is C32H38F6N2O6S. The Kier molecular flexibility index (Phi) is 11.0. The number of rotatable bonds is 11. The maximum absolute atomic E-state index is 14.1. The summed E-state index contributed by atoms with van der Waals surface area (Å²) in [6.07, 6.45) is -12.5. The molecule has 15 heteroatoms. The lowest BCUT2D eigenvalue weighted by Crippen LogP contribution is -2.54. The summed E-state index contributed by atoms with van der Waals surface area (Å²) in [5.74, 6) is -4.49. The number of halogens is 6. The van der Waals surface area contributed by atoms with Crippen LogP contribution in [0.2, 0.25) is 0 Å². The predicted molar refractivity (Wildman–Crippen MR) is 158 cm³/mol. The Labute approximate surface area is 269 Å². The number of likely N-dealkylation sites (tertiary alicyclic amines) is 1. The number of sulfone groups is 1. The molecule has 1 amide bonds. The van der Waals surface area contributed by atoms with E-state index in [-0.39, 0.29) is 35.2 Å². The minimum Gasteiger partial charge on any atom is -0.442 e. The van der Waals surface area contributed by atoms with Crippen LogP contribution < -0.4 is 5.32 Å². The van der Waals surface area contributed by atoms with Crippen molar-refractivity contribution < 1.29 is 54.2 Å². The molecule has 1 saturated carbocycles. The third kappa shape index (κ3) is 8.85. The monoisotopic (exact) mass is 692 g/mol. The second-order valence-corrected chi connectivity index (χ2v) is 14.7. The van der Waals surface area contributed by atoms with Gasteiger partial charge in [-0.05, 0) is 67.5 Å². The first-order chi connectivity index (χ1) is 21.8. The normalized spacial score (nSPS) is 24.9. The molecule has 1 saturated heterocycles. The highest BCUT2D eigenvalue weighted by atomic mass is 32.2. The van der Waals surface area contributed by atoms with Crippen LogP contribution in [0.4, 0.5) is 26.3 Å². The number of amides is 1. The fraction of sp³-hybridized carbons (Fsp3) is 0.562. The van der Waals surface area contributed by atoms with Gasteiger partial charge in [0.15, 0.2) is 15.4 Å². The van der Waals surface area contributed by atoms with Gasteiger partial charge in [0.05, 0.1) is 22.3 Å². The molecule has 0 spiro atoms. The number of ether oxygens (including phenoxy) is 1. The number of nitrogens with zero attached hydrogens (tertiary/aromatic N) is 1. The highest BCUT2D eigenvalue weighted by molar-refractivity contribution is 7.91. The van der Waals surface area contributed by atoms with Gasteiger partial charge in [-0.2, -0.15) is 26.3 Å². The Balaban J connectivity index is 1.66. The van der Waals surface area contributed by atoms with E-state index in [2.05, 4.69) is 5.32 Å². The van der Waals surface area contributed by atoms with Crippen LogP contribution in [0, 0.1) is 11.8 Å². The van der Waals surface area contributed by atoms with Crippen LogP contribution in [0.1, 0.15) is 63.2 Å². The van der Waals surface area contributed by atoms with Crippen molar-refractivity contribution in [1.82, 2.24) is 10.2 Å². The van der Waals surface area contributed by atoms with Gasteiger partial charge in [0.1, 0.15) is 0 Å². The molecule has 0 aromatic heterocycles. The summed E-state index contributed by atoms with van der Waals surface area (Å²) in [7, 11) is -3.86. The second-order valence-electron chi connectivity index (χ2n) is 12.7. The third-order valence-electron chi connectivity index (χ3n) is 8.74. The zero-order chi connectivity index (χ0) is 34.8. The van der Waals surface area contributed by atoms with Crippen molar-refractivity contribution >= 4 is 21.7 Å². The van der Waals surface area contributed by atoms with Crippen molar-refractivity contribution in [2.45, 2.75) is 87.0 Å². The summed E-state index contributed by atoms with van der Waals surface area (Å²) >= 11 is 0. The maximum atomic E-state index is 14.1. The lowest BCUT2D eigenvalue weighted by Gasteiger charge is -2.42. The first-order valence-corrected chi connectivity index (χ1v) is 17.0.